The van der Waals surface area contributed by atoms with Crippen molar-refractivity contribution in [3.8, 4) is 5.75 Å². The first-order valence-corrected chi connectivity index (χ1v) is 12.2. The van der Waals surface area contributed by atoms with Gasteiger partial charge in [-0.3, -0.25) is 14.4 Å². The van der Waals surface area contributed by atoms with Crippen LogP contribution in [0.4, 0.5) is 11.4 Å². The van der Waals surface area contributed by atoms with Gasteiger partial charge < -0.3 is 20.3 Å². The molecule has 0 spiro atoms. The highest BCUT2D eigenvalue weighted by Crippen LogP contribution is 2.22. The summed E-state index contributed by atoms with van der Waals surface area (Å²) in [6.07, 6.45) is 1.12. The first-order chi connectivity index (χ1) is 16.1. The van der Waals surface area contributed by atoms with Gasteiger partial charge in [0.2, 0.25) is 27.7 Å². The fraction of sp³-hybridized carbons (Fsp3) is 0.348. The molecule has 3 rings (SSSR count). The third-order valence-electron chi connectivity index (χ3n) is 5.38. The van der Waals surface area contributed by atoms with Crippen LogP contribution >= 0.6 is 0 Å². The number of carbonyl (C=O) groups is 3. The number of sulfonamides is 1. The van der Waals surface area contributed by atoms with E-state index in [1.807, 2.05) is 0 Å². The number of hydrogen-bond donors (Lipinski definition) is 3. The smallest absolute Gasteiger partial charge is 0.247 e. The summed E-state index contributed by atoms with van der Waals surface area (Å²) in [6, 6.07) is 10.7. The zero-order valence-corrected chi connectivity index (χ0v) is 20.0. The Morgan fingerprint density at radius 1 is 1.00 bits per heavy atom. The van der Waals surface area contributed by atoms with Gasteiger partial charge in [0.15, 0.2) is 0 Å². The maximum Gasteiger partial charge on any atom is 0.247 e. The molecule has 2 aromatic rings. The van der Waals surface area contributed by atoms with Crippen molar-refractivity contribution in [2.24, 2.45) is 0 Å². The van der Waals surface area contributed by atoms with E-state index in [2.05, 4.69) is 15.4 Å². The number of ether oxygens (including phenoxy) is 1. The second kappa shape index (κ2) is 10.7. The topological polar surface area (TPSA) is 134 Å². The summed E-state index contributed by atoms with van der Waals surface area (Å²) in [6.45, 7) is 3.15. The number of benzene rings is 2. The first-order valence-electron chi connectivity index (χ1n) is 10.8. The van der Waals surface area contributed by atoms with Crippen LogP contribution in [0.2, 0.25) is 0 Å². The maximum absolute atomic E-state index is 13.0. The van der Waals surface area contributed by atoms with Crippen molar-refractivity contribution in [2.75, 3.05) is 24.3 Å². The van der Waals surface area contributed by atoms with Crippen molar-refractivity contribution >= 4 is 39.1 Å². The number of amides is 3. The van der Waals surface area contributed by atoms with E-state index in [9.17, 15) is 22.8 Å². The lowest BCUT2D eigenvalue weighted by atomic mass is 10.2. The summed E-state index contributed by atoms with van der Waals surface area (Å²) in [7, 11) is -2.45. The molecular weight excluding hydrogens is 460 g/mol. The monoisotopic (exact) mass is 488 g/mol. The molecule has 0 aliphatic carbocycles. The molecule has 3 N–H and O–H groups in total. The minimum absolute atomic E-state index is 0.0449. The SMILES string of the molecule is COc1ccc(NC(=O)C2CCCN2C(=O)[C@H](C)NS(=O)(=O)c2ccc(NC(C)=O)cc2)cc1. The summed E-state index contributed by atoms with van der Waals surface area (Å²) in [5.41, 5.74) is 1.03. The molecule has 0 saturated carbocycles. The maximum atomic E-state index is 13.0. The number of nitrogens with zero attached hydrogens (tertiary/aromatic N) is 1. The van der Waals surface area contributed by atoms with E-state index >= 15 is 0 Å². The van der Waals surface area contributed by atoms with Crippen LogP contribution in [0.1, 0.15) is 26.7 Å². The molecule has 1 aliphatic heterocycles. The zero-order chi connectivity index (χ0) is 24.9. The van der Waals surface area contributed by atoms with E-state index in [0.29, 0.717) is 36.5 Å². The van der Waals surface area contributed by atoms with E-state index in [0.717, 1.165) is 0 Å². The summed E-state index contributed by atoms with van der Waals surface area (Å²) in [4.78, 5) is 38.3. The minimum atomic E-state index is -3.99. The Balaban J connectivity index is 1.64. The second-order valence-corrected chi connectivity index (χ2v) is 9.67. The quantitative estimate of drug-likeness (QED) is 0.520. The predicted octanol–water partition coefficient (Wildman–Crippen LogP) is 1.95. The molecule has 34 heavy (non-hydrogen) atoms. The van der Waals surface area contributed by atoms with Crippen molar-refractivity contribution in [2.45, 2.75) is 43.7 Å². The predicted molar refractivity (Wildman–Crippen MR) is 127 cm³/mol. The largest absolute Gasteiger partial charge is 0.497 e. The van der Waals surface area contributed by atoms with Crippen LogP contribution in [0, 0.1) is 0 Å². The Hall–Kier alpha value is -3.44. The molecule has 182 valence electrons. The highest BCUT2D eigenvalue weighted by atomic mass is 32.2. The van der Waals surface area contributed by atoms with Gasteiger partial charge in [0.25, 0.3) is 0 Å². The van der Waals surface area contributed by atoms with E-state index in [-0.39, 0.29) is 16.7 Å². The van der Waals surface area contributed by atoms with Crippen molar-refractivity contribution in [1.29, 1.82) is 0 Å². The highest BCUT2D eigenvalue weighted by Gasteiger charge is 2.37. The van der Waals surface area contributed by atoms with Gasteiger partial charge in [0, 0.05) is 24.8 Å². The summed E-state index contributed by atoms with van der Waals surface area (Å²) in [5.74, 6) is -0.434. The fourth-order valence-corrected chi connectivity index (χ4v) is 4.92. The van der Waals surface area contributed by atoms with Crippen molar-refractivity contribution < 1.29 is 27.5 Å². The van der Waals surface area contributed by atoms with Gasteiger partial charge in [0.1, 0.15) is 11.8 Å². The normalized spacial score (nSPS) is 16.6. The first kappa shape index (κ1) is 25.2. The number of nitrogens with one attached hydrogen (secondary N) is 3. The average Bonchev–Trinajstić information content (AvgIpc) is 3.29. The average molecular weight is 489 g/mol. The van der Waals surface area contributed by atoms with Gasteiger partial charge in [-0.2, -0.15) is 4.72 Å². The van der Waals surface area contributed by atoms with E-state index < -0.39 is 28.0 Å². The van der Waals surface area contributed by atoms with Crippen LogP contribution in [0.5, 0.6) is 5.75 Å². The minimum Gasteiger partial charge on any atom is -0.497 e. The number of methoxy groups -OCH3 is 1. The Kier molecular flexibility index (Phi) is 7.90. The van der Waals surface area contributed by atoms with E-state index in [1.165, 1.54) is 43.0 Å². The molecular formula is C23H28N4O6S. The lowest BCUT2D eigenvalue weighted by molar-refractivity contribution is -0.137. The molecule has 2 atom stereocenters. The Morgan fingerprint density at radius 2 is 1.59 bits per heavy atom. The fourth-order valence-electron chi connectivity index (χ4n) is 3.72. The van der Waals surface area contributed by atoms with E-state index in [1.54, 1.807) is 31.4 Å². The molecule has 1 aliphatic rings. The van der Waals surface area contributed by atoms with Crippen LogP contribution < -0.4 is 20.1 Å². The number of carbonyl (C=O) groups excluding carboxylic acids is 3. The van der Waals surface area contributed by atoms with Gasteiger partial charge in [0.05, 0.1) is 18.0 Å². The van der Waals surface area contributed by atoms with Gasteiger partial charge >= 0.3 is 0 Å². The summed E-state index contributed by atoms with van der Waals surface area (Å²) >= 11 is 0. The molecule has 3 amide bonds. The van der Waals surface area contributed by atoms with Crippen molar-refractivity contribution in [3.63, 3.8) is 0 Å². The lowest BCUT2D eigenvalue weighted by Gasteiger charge is -2.27. The third kappa shape index (κ3) is 6.12. The Labute approximate surface area is 198 Å². The third-order valence-corrected chi connectivity index (χ3v) is 6.94. The second-order valence-electron chi connectivity index (χ2n) is 7.96. The Bertz CT molecular complexity index is 1150. The van der Waals surface area contributed by atoms with Gasteiger partial charge in [-0.05, 0) is 68.3 Å². The number of rotatable bonds is 8. The standard InChI is InChI=1S/C23H28N4O6S/c1-15(26-34(31,32)20-12-8-17(9-13-20)24-16(2)28)23(30)27-14-4-5-21(27)22(29)25-18-6-10-19(33-3)11-7-18/h6-13,15,21,26H,4-5,14H2,1-3H3,(H,24,28)(H,25,29)/t15-,21?/m0/s1. The number of anilines is 2. The number of likely N-dealkylation sites (tertiary alicyclic amines) is 1. The molecule has 1 fully saturated rings. The molecule has 11 heteroatoms. The van der Waals surface area contributed by atoms with Gasteiger partial charge in [-0.1, -0.05) is 0 Å². The van der Waals surface area contributed by atoms with Gasteiger partial charge in [-0.25, -0.2) is 8.42 Å². The van der Waals surface area contributed by atoms with E-state index in [4.69, 9.17) is 4.74 Å². The molecule has 10 nitrogen and oxygen atoms in total. The molecule has 0 aromatic heterocycles. The van der Waals surface area contributed by atoms with Crippen LogP contribution in [-0.4, -0.2) is 56.8 Å². The molecule has 0 bridgehead atoms. The molecule has 2 aromatic carbocycles. The summed E-state index contributed by atoms with van der Waals surface area (Å²) in [5, 5.41) is 5.35. The zero-order valence-electron chi connectivity index (χ0n) is 19.2. The molecule has 1 unspecified atom stereocenters. The van der Waals surface area contributed by atoms with Crippen LogP contribution in [0.3, 0.4) is 0 Å². The molecule has 1 saturated heterocycles. The van der Waals surface area contributed by atoms with Crippen molar-refractivity contribution in [1.82, 2.24) is 9.62 Å². The molecule has 0 radical (unpaired) electrons. The Morgan fingerprint density at radius 3 is 2.18 bits per heavy atom. The van der Waals surface area contributed by atoms with Crippen LogP contribution in [-0.2, 0) is 24.4 Å². The van der Waals surface area contributed by atoms with Gasteiger partial charge in [-0.15, -0.1) is 0 Å². The van der Waals surface area contributed by atoms with Crippen LogP contribution in [0.25, 0.3) is 0 Å². The van der Waals surface area contributed by atoms with Crippen LogP contribution in [0.15, 0.2) is 53.4 Å². The number of hydrogen-bond acceptors (Lipinski definition) is 6. The lowest BCUT2D eigenvalue weighted by Crippen LogP contribution is -2.51. The highest BCUT2D eigenvalue weighted by molar-refractivity contribution is 7.89. The summed E-state index contributed by atoms with van der Waals surface area (Å²) < 4.78 is 33.0. The van der Waals surface area contributed by atoms with Crippen molar-refractivity contribution in [3.05, 3.63) is 48.5 Å². The molecule has 1 heterocycles.